The Hall–Kier alpha value is 0.0534. The molecule has 0 aromatic rings. The molecule has 0 aromatic carbocycles. The van der Waals surface area contributed by atoms with Crippen molar-refractivity contribution in [3.63, 3.8) is 0 Å². The molecule has 0 spiro atoms. The molecule has 0 fully saturated rings. The summed E-state index contributed by atoms with van der Waals surface area (Å²) in [4.78, 5) is 9.00. The summed E-state index contributed by atoms with van der Waals surface area (Å²) in [6, 6.07) is 0. The van der Waals surface area contributed by atoms with Crippen LogP contribution < -0.4 is 0 Å². The van der Waals surface area contributed by atoms with Gasteiger partial charge in [0.05, 0.1) is 0 Å². The summed E-state index contributed by atoms with van der Waals surface area (Å²) < 4.78 is 0. The Balaban J connectivity index is -0.0000000450. The summed E-state index contributed by atoms with van der Waals surface area (Å²) in [5.74, 6) is -0.833. The third kappa shape index (κ3) is 13300. The number of aliphatic carboxylic acids is 1. The van der Waals surface area contributed by atoms with Gasteiger partial charge in [-0.25, -0.2) is 0 Å². The Morgan fingerprint density at radius 1 is 1.67 bits per heavy atom. The summed E-state index contributed by atoms with van der Waals surface area (Å²) in [6.45, 7) is 1.08. The molecule has 0 rings (SSSR count). The number of rotatable bonds is 0. The molecule has 6 heavy (non-hydrogen) atoms. The molecule has 0 amide bonds. The van der Waals surface area contributed by atoms with E-state index in [4.69, 9.17) is 9.90 Å². The van der Waals surface area contributed by atoms with Crippen LogP contribution in [0.5, 0.6) is 0 Å². The first-order chi connectivity index (χ1) is 1.73. The molecule has 4 heteroatoms. The maximum Gasteiger partial charge on any atom is 0.300 e. The molecule has 0 aliphatic carbocycles. The molecule has 0 aromatic heterocycles. The molecule has 0 radical (unpaired) electrons. The van der Waals surface area contributed by atoms with Gasteiger partial charge in [0, 0.05) is 26.4 Å². The Bertz CT molecular complexity index is 31.8. The molecule has 3 nitrogen and oxygen atoms in total. The molecule has 0 bridgehead atoms. The van der Waals surface area contributed by atoms with E-state index in [2.05, 4.69) is 0 Å². The summed E-state index contributed by atoms with van der Waals surface area (Å²) in [5, 5.41) is 7.42. The molecule has 3 N–H and O–H groups in total. The second kappa shape index (κ2) is 8.91. The Morgan fingerprint density at radius 2 is 1.67 bits per heavy atom. The summed E-state index contributed by atoms with van der Waals surface area (Å²) in [7, 11) is 0. The topological polar surface area (TPSA) is 68.8 Å². The van der Waals surface area contributed by atoms with Gasteiger partial charge in [-0.1, -0.05) is 0 Å². The van der Waals surface area contributed by atoms with Crippen molar-refractivity contribution in [1.29, 1.82) is 0 Å². The van der Waals surface area contributed by atoms with Crippen molar-refractivity contribution in [1.82, 2.24) is 0 Å². The molecule has 0 unspecified atom stereocenters. The van der Waals surface area contributed by atoms with Gasteiger partial charge in [0.2, 0.25) is 0 Å². The van der Waals surface area contributed by atoms with E-state index in [1.54, 1.807) is 0 Å². The maximum atomic E-state index is 9.00. The van der Waals surface area contributed by atoms with Gasteiger partial charge in [0.25, 0.3) is 5.97 Å². The Labute approximate surface area is 48.4 Å². The molecular weight excluding hydrogens is 173 g/mol. The van der Waals surface area contributed by atoms with E-state index in [0.717, 1.165) is 6.92 Å². The van der Waals surface area contributed by atoms with Crippen molar-refractivity contribution >= 4 is 5.97 Å². The van der Waals surface area contributed by atoms with Crippen LogP contribution in [0.4, 0.5) is 0 Å². The predicted octanol–water partition coefficient (Wildman–Crippen LogP) is -0.736. The minimum atomic E-state index is -0.833. The molecule has 40 valence electrons. The average molecular weight is 179 g/mol. The van der Waals surface area contributed by atoms with Gasteiger partial charge in [-0.05, 0) is 0 Å². The first kappa shape index (κ1) is 16.6. The third-order valence-electron chi connectivity index (χ3n) is 0. The monoisotopic (exact) mass is 180 g/mol. The van der Waals surface area contributed by atoms with Gasteiger partial charge in [-0.15, -0.1) is 0 Å². The van der Waals surface area contributed by atoms with E-state index in [9.17, 15) is 0 Å². The zero-order valence-electron chi connectivity index (χ0n) is 3.21. The van der Waals surface area contributed by atoms with Crippen LogP contribution in [0.3, 0.4) is 0 Å². The second-order valence-electron chi connectivity index (χ2n) is 0.519. The molecular formula is C2H6O3Ru. The van der Waals surface area contributed by atoms with Crippen LogP contribution in [0.25, 0.3) is 0 Å². The van der Waals surface area contributed by atoms with E-state index >= 15 is 0 Å². The number of carboxylic acids is 1. The molecule has 0 aliphatic heterocycles. The number of carbonyl (C=O) groups is 1. The van der Waals surface area contributed by atoms with Crippen molar-refractivity contribution in [3.8, 4) is 0 Å². The van der Waals surface area contributed by atoms with Crippen molar-refractivity contribution in [2.45, 2.75) is 6.92 Å². The van der Waals surface area contributed by atoms with Crippen LogP contribution in [0, 0.1) is 0 Å². The van der Waals surface area contributed by atoms with E-state index in [-0.39, 0.29) is 25.0 Å². The maximum absolute atomic E-state index is 9.00. The minimum absolute atomic E-state index is 0. The van der Waals surface area contributed by atoms with Crippen LogP contribution >= 0.6 is 0 Å². The predicted molar refractivity (Wildman–Crippen MR) is 16.9 cm³/mol. The molecule has 0 saturated carbocycles. The van der Waals surface area contributed by atoms with E-state index in [0.29, 0.717) is 0 Å². The van der Waals surface area contributed by atoms with Crippen molar-refractivity contribution in [3.05, 3.63) is 0 Å². The first-order valence-corrected chi connectivity index (χ1v) is 0.928. The van der Waals surface area contributed by atoms with Crippen LogP contribution in [0.2, 0.25) is 0 Å². The molecule has 0 heterocycles. The zero-order chi connectivity index (χ0) is 3.58. The van der Waals surface area contributed by atoms with Gasteiger partial charge in [-0.2, -0.15) is 0 Å². The molecule has 0 saturated heterocycles. The van der Waals surface area contributed by atoms with Crippen molar-refractivity contribution in [2.24, 2.45) is 0 Å². The Morgan fingerprint density at radius 3 is 1.67 bits per heavy atom. The first-order valence-electron chi connectivity index (χ1n) is 0.928. The fraction of sp³-hybridized carbons (Fsp3) is 0.500. The summed E-state index contributed by atoms with van der Waals surface area (Å²) in [6.07, 6.45) is 0. The van der Waals surface area contributed by atoms with Crippen LogP contribution in [0.1, 0.15) is 6.92 Å². The van der Waals surface area contributed by atoms with E-state index < -0.39 is 5.97 Å². The second-order valence-corrected chi connectivity index (χ2v) is 0.519. The van der Waals surface area contributed by atoms with Crippen LogP contribution in [0.15, 0.2) is 0 Å². The third-order valence-corrected chi connectivity index (χ3v) is 0. The van der Waals surface area contributed by atoms with Gasteiger partial charge < -0.3 is 10.6 Å². The largest absolute Gasteiger partial charge is 0.481 e. The van der Waals surface area contributed by atoms with Gasteiger partial charge in [0.15, 0.2) is 0 Å². The number of hydrogen-bond donors (Lipinski definition) is 1. The SMILES string of the molecule is CC(=O)O.O.[Ru]. The molecule has 0 atom stereocenters. The van der Waals surface area contributed by atoms with Crippen molar-refractivity contribution < 1.29 is 34.9 Å². The zero-order valence-corrected chi connectivity index (χ0v) is 4.95. The quantitative estimate of drug-likeness (QED) is 0.498. The van der Waals surface area contributed by atoms with Crippen LogP contribution in [-0.4, -0.2) is 16.6 Å². The average Bonchev–Trinajstić information content (AvgIpc) is 0.811. The smallest absolute Gasteiger partial charge is 0.300 e. The molecule has 0 aliphatic rings. The van der Waals surface area contributed by atoms with Gasteiger partial charge in [0.1, 0.15) is 0 Å². The van der Waals surface area contributed by atoms with E-state index in [1.807, 2.05) is 0 Å². The Kier molecular flexibility index (Phi) is 24.6. The van der Waals surface area contributed by atoms with Gasteiger partial charge in [-0.3, -0.25) is 4.79 Å². The number of carboxylic acid groups (broad SMARTS) is 1. The summed E-state index contributed by atoms with van der Waals surface area (Å²) >= 11 is 0. The van der Waals surface area contributed by atoms with Crippen molar-refractivity contribution in [2.75, 3.05) is 0 Å². The van der Waals surface area contributed by atoms with Gasteiger partial charge >= 0.3 is 0 Å². The fourth-order valence-electron chi connectivity index (χ4n) is 0. The normalized spacial score (nSPS) is 4.17. The number of hydrogen-bond acceptors (Lipinski definition) is 1. The minimum Gasteiger partial charge on any atom is -0.481 e. The summed E-state index contributed by atoms with van der Waals surface area (Å²) in [5.41, 5.74) is 0. The van der Waals surface area contributed by atoms with E-state index in [1.165, 1.54) is 0 Å². The van der Waals surface area contributed by atoms with Crippen LogP contribution in [-0.2, 0) is 24.3 Å². The fourth-order valence-corrected chi connectivity index (χ4v) is 0. The standard InChI is InChI=1S/C2H4O2.H2O.Ru/c1-2(3)4;;/h1H3,(H,3,4);1H2;.